The largest absolute Gasteiger partial charge is 0.503 e. The lowest BCUT2D eigenvalue weighted by Gasteiger charge is -2.30. The average Bonchev–Trinajstić information content (AvgIpc) is 2.34. The minimum atomic E-state index is -0.445. The van der Waals surface area contributed by atoms with Crippen LogP contribution in [-0.2, 0) is 0 Å². The van der Waals surface area contributed by atoms with E-state index in [2.05, 4.69) is 15.9 Å². The monoisotopic (exact) mass is 317 g/mol. The van der Waals surface area contributed by atoms with Crippen LogP contribution in [0.4, 0.5) is 0 Å². The van der Waals surface area contributed by atoms with Crippen LogP contribution in [-0.4, -0.2) is 23.4 Å². The Balaban J connectivity index is 3.18. The zero-order chi connectivity index (χ0) is 13.9. The number of hydrogen-bond acceptors (Lipinski definition) is 4. The molecule has 0 aromatic heterocycles. The van der Waals surface area contributed by atoms with E-state index in [0.29, 0.717) is 16.8 Å². The first kappa shape index (κ1) is 15.3. The Labute approximate surface area is 116 Å². The molecular weight excluding hydrogens is 298 g/mol. The van der Waals surface area contributed by atoms with Crippen LogP contribution in [0.1, 0.15) is 32.4 Å². The highest BCUT2D eigenvalue weighted by Crippen LogP contribution is 2.40. The molecule has 4 nitrogen and oxygen atoms in total. The number of halogens is 1. The van der Waals surface area contributed by atoms with Crippen LogP contribution < -0.4 is 10.5 Å². The second-order valence-electron chi connectivity index (χ2n) is 4.91. The predicted octanol–water partition coefficient (Wildman–Crippen LogP) is 2.57. The molecule has 0 amide bonds. The number of nitrogens with two attached hydrogens (primary N) is 1. The Hall–Kier alpha value is -0.780. The summed E-state index contributed by atoms with van der Waals surface area (Å²) in [6.45, 7) is 6.06. The van der Waals surface area contributed by atoms with Crippen molar-refractivity contribution >= 4 is 15.9 Å². The molecule has 4 N–H and O–H groups in total. The van der Waals surface area contributed by atoms with Crippen LogP contribution in [0.5, 0.6) is 11.5 Å². The predicted molar refractivity (Wildman–Crippen MR) is 74.8 cm³/mol. The summed E-state index contributed by atoms with van der Waals surface area (Å²) in [5.41, 5.74) is 6.51. The summed E-state index contributed by atoms with van der Waals surface area (Å²) in [6, 6.07) is 3.12. The lowest BCUT2D eigenvalue weighted by Crippen LogP contribution is -2.32. The summed E-state index contributed by atoms with van der Waals surface area (Å²) in [4.78, 5) is 0. The smallest absolute Gasteiger partial charge is 0.172 e. The molecule has 0 aliphatic carbocycles. The highest BCUT2D eigenvalue weighted by molar-refractivity contribution is 9.10. The number of rotatable bonds is 5. The van der Waals surface area contributed by atoms with E-state index >= 15 is 0 Å². The normalized spacial score (nSPS) is 13.4. The molecule has 0 unspecified atom stereocenters. The Bertz CT molecular complexity index is 421. The first-order valence-corrected chi connectivity index (χ1v) is 6.64. The van der Waals surface area contributed by atoms with Crippen molar-refractivity contribution in [2.45, 2.75) is 26.8 Å². The third-order valence-corrected chi connectivity index (χ3v) is 3.56. The second-order valence-corrected chi connectivity index (χ2v) is 5.76. The van der Waals surface area contributed by atoms with Gasteiger partial charge in [0.25, 0.3) is 0 Å². The standard InChI is InChI=1S/C13H20BrNO3/c1-4-18-10-6-8(5-9(14)11(10)17)12(15)13(2,3)7-16/h5-6,12,16-17H,4,7,15H2,1-3H3/t12-/m1/s1. The third kappa shape index (κ3) is 3.16. The number of ether oxygens (including phenoxy) is 1. The van der Waals surface area contributed by atoms with Gasteiger partial charge in [0.15, 0.2) is 11.5 Å². The Morgan fingerprint density at radius 1 is 1.44 bits per heavy atom. The SMILES string of the molecule is CCOc1cc([C@@H](N)C(C)(C)CO)cc(Br)c1O. The van der Waals surface area contributed by atoms with Gasteiger partial charge in [-0.25, -0.2) is 0 Å². The van der Waals surface area contributed by atoms with Crippen molar-refractivity contribution in [3.05, 3.63) is 22.2 Å². The molecule has 0 aliphatic rings. The minimum absolute atomic E-state index is 0.0172. The first-order valence-electron chi connectivity index (χ1n) is 5.85. The fourth-order valence-electron chi connectivity index (χ4n) is 1.59. The molecule has 1 atom stereocenters. The van der Waals surface area contributed by atoms with E-state index in [9.17, 15) is 10.2 Å². The number of aliphatic hydroxyl groups is 1. The molecule has 0 aliphatic heterocycles. The summed E-state index contributed by atoms with van der Waals surface area (Å²) in [6.07, 6.45) is 0. The molecule has 102 valence electrons. The first-order chi connectivity index (χ1) is 8.33. The maximum absolute atomic E-state index is 9.83. The van der Waals surface area contributed by atoms with Crippen LogP contribution in [0, 0.1) is 5.41 Å². The number of benzene rings is 1. The van der Waals surface area contributed by atoms with Crippen molar-refractivity contribution in [3.8, 4) is 11.5 Å². The van der Waals surface area contributed by atoms with Gasteiger partial charge in [-0.2, -0.15) is 0 Å². The topological polar surface area (TPSA) is 75.7 Å². The van der Waals surface area contributed by atoms with E-state index in [0.717, 1.165) is 5.56 Å². The zero-order valence-electron chi connectivity index (χ0n) is 10.9. The molecular formula is C13H20BrNO3. The molecule has 0 saturated heterocycles. The zero-order valence-corrected chi connectivity index (χ0v) is 12.5. The highest BCUT2D eigenvalue weighted by atomic mass is 79.9. The number of aliphatic hydroxyl groups excluding tert-OH is 1. The Kier molecular flexibility index (Phi) is 5.01. The molecule has 0 saturated carbocycles. The second kappa shape index (κ2) is 5.91. The van der Waals surface area contributed by atoms with Gasteiger partial charge in [0, 0.05) is 18.1 Å². The fourth-order valence-corrected chi connectivity index (χ4v) is 2.05. The van der Waals surface area contributed by atoms with E-state index in [1.54, 1.807) is 12.1 Å². The van der Waals surface area contributed by atoms with Crippen molar-refractivity contribution < 1.29 is 14.9 Å². The molecule has 0 fully saturated rings. The number of phenols is 1. The maximum Gasteiger partial charge on any atom is 0.172 e. The minimum Gasteiger partial charge on any atom is -0.503 e. The Morgan fingerprint density at radius 3 is 2.56 bits per heavy atom. The molecule has 0 heterocycles. The van der Waals surface area contributed by atoms with Gasteiger partial charge in [0.2, 0.25) is 0 Å². The number of aromatic hydroxyl groups is 1. The molecule has 0 spiro atoms. The van der Waals surface area contributed by atoms with E-state index in [4.69, 9.17) is 10.5 Å². The van der Waals surface area contributed by atoms with Crippen molar-refractivity contribution in [1.29, 1.82) is 0 Å². The summed E-state index contributed by atoms with van der Waals surface area (Å²) < 4.78 is 5.89. The Morgan fingerprint density at radius 2 is 2.06 bits per heavy atom. The average molecular weight is 318 g/mol. The van der Waals surface area contributed by atoms with Crippen molar-refractivity contribution in [2.75, 3.05) is 13.2 Å². The van der Waals surface area contributed by atoms with Gasteiger partial charge in [-0.05, 0) is 40.5 Å². The molecule has 1 aromatic rings. The van der Waals surface area contributed by atoms with E-state index in [1.165, 1.54) is 0 Å². The van der Waals surface area contributed by atoms with Gasteiger partial charge in [0.05, 0.1) is 11.1 Å². The van der Waals surface area contributed by atoms with Gasteiger partial charge < -0.3 is 20.7 Å². The van der Waals surface area contributed by atoms with Gasteiger partial charge in [0.1, 0.15) is 0 Å². The van der Waals surface area contributed by atoms with Gasteiger partial charge in [-0.1, -0.05) is 13.8 Å². The van der Waals surface area contributed by atoms with Crippen LogP contribution in [0.3, 0.4) is 0 Å². The third-order valence-electron chi connectivity index (χ3n) is 2.96. The van der Waals surface area contributed by atoms with Gasteiger partial charge in [-0.3, -0.25) is 0 Å². The van der Waals surface area contributed by atoms with E-state index in [-0.39, 0.29) is 18.4 Å². The molecule has 1 rings (SSSR count). The number of phenolic OH excluding ortho intramolecular Hbond substituents is 1. The maximum atomic E-state index is 9.83. The molecule has 0 radical (unpaired) electrons. The van der Waals surface area contributed by atoms with Crippen molar-refractivity contribution in [3.63, 3.8) is 0 Å². The van der Waals surface area contributed by atoms with Crippen molar-refractivity contribution in [2.24, 2.45) is 11.1 Å². The van der Waals surface area contributed by atoms with Crippen LogP contribution >= 0.6 is 15.9 Å². The van der Waals surface area contributed by atoms with Crippen LogP contribution in [0.2, 0.25) is 0 Å². The lowest BCUT2D eigenvalue weighted by molar-refractivity contribution is 0.132. The van der Waals surface area contributed by atoms with Gasteiger partial charge >= 0.3 is 0 Å². The number of hydrogen-bond donors (Lipinski definition) is 3. The summed E-state index contributed by atoms with van der Waals surface area (Å²) in [5.74, 6) is 0.459. The van der Waals surface area contributed by atoms with Gasteiger partial charge in [-0.15, -0.1) is 0 Å². The van der Waals surface area contributed by atoms with E-state index < -0.39 is 5.41 Å². The molecule has 0 bridgehead atoms. The molecule has 18 heavy (non-hydrogen) atoms. The fraction of sp³-hybridized carbons (Fsp3) is 0.538. The summed E-state index contributed by atoms with van der Waals surface area (Å²) in [5, 5.41) is 19.2. The molecule has 1 aromatic carbocycles. The quantitative estimate of drug-likeness (QED) is 0.780. The van der Waals surface area contributed by atoms with E-state index in [1.807, 2.05) is 20.8 Å². The lowest BCUT2D eigenvalue weighted by atomic mass is 9.82. The van der Waals surface area contributed by atoms with Crippen LogP contribution in [0.25, 0.3) is 0 Å². The van der Waals surface area contributed by atoms with Crippen LogP contribution in [0.15, 0.2) is 16.6 Å². The highest BCUT2D eigenvalue weighted by Gasteiger charge is 2.28. The summed E-state index contributed by atoms with van der Waals surface area (Å²) >= 11 is 3.28. The summed E-state index contributed by atoms with van der Waals surface area (Å²) in [7, 11) is 0. The van der Waals surface area contributed by atoms with Crippen molar-refractivity contribution in [1.82, 2.24) is 0 Å². The molecule has 5 heteroatoms.